The molecule has 0 atom stereocenters. The third-order valence-corrected chi connectivity index (χ3v) is 6.67. The molecule has 0 bridgehead atoms. The molecule has 0 aliphatic carbocycles. The van der Waals surface area contributed by atoms with Crippen LogP contribution in [0, 0.1) is 13.5 Å². The Kier molecular flexibility index (Phi) is 7.55. The average molecular weight is 521 g/mol. The summed E-state index contributed by atoms with van der Waals surface area (Å²) in [5, 5.41) is 23.2. The lowest BCUT2D eigenvalue weighted by Gasteiger charge is -2.36. The Morgan fingerprint density at radius 2 is 1.94 bits per heavy atom. The number of rotatable bonds is 5. The van der Waals surface area contributed by atoms with Crippen molar-refractivity contribution in [2.24, 2.45) is 0 Å². The molecule has 6 nitrogen and oxygen atoms in total. The smallest absolute Gasteiger partial charge is 0.188 e. The number of hydrogen-bond acceptors (Lipinski definition) is 5. The lowest BCUT2D eigenvalue weighted by molar-refractivity contribution is 0.0480. The Morgan fingerprint density at radius 3 is 2.59 bits per heavy atom. The van der Waals surface area contributed by atoms with Crippen LogP contribution in [0.5, 0.6) is 0 Å². The second kappa shape index (κ2) is 9.99. The van der Waals surface area contributed by atoms with Gasteiger partial charge in [0.25, 0.3) is 0 Å². The number of aliphatic hydroxyl groups excluding tert-OH is 1. The highest BCUT2D eigenvalue weighted by atomic mass is 79.9. The summed E-state index contributed by atoms with van der Waals surface area (Å²) in [7, 11) is 0. The SMILES string of the molecule is Cl.[C-]#[N+]c1ccc2c(N3CCC(F)(CO)CC3)nnc(NCc3ccc(C)c(Br)c3)c2c1. The fourth-order valence-corrected chi connectivity index (χ4v) is 4.20. The van der Waals surface area contributed by atoms with Gasteiger partial charge in [0.05, 0.1) is 13.2 Å². The van der Waals surface area contributed by atoms with Crippen LogP contribution in [0.2, 0.25) is 0 Å². The van der Waals surface area contributed by atoms with Crippen molar-refractivity contribution in [2.75, 3.05) is 29.9 Å². The maximum atomic E-state index is 14.4. The zero-order valence-corrected chi connectivity index (χ0v) is 20.0. The Morgan fingerprint density at radius 1 is 1.19 bits per heavy atom. The van der Waals surface area contributed by atoms with Crippen LogP contribution in [0.25, 0.3) is 15.6 Å². The molecule has 1 aliphatic heterocycles. The lowest BCUT2D eigenvalue weighted by Crippen LogP contribution is -2.44. The molecule has 9 heteroatoms. The van der Waals surface area contributed by atoms with E-state index in [0.29, 0.717) is 37.0 Å². The third kappa shape index (κ3) is 4.96. The number of aliphatic hydroxyl groups is 1. The lowest BCUT2D eigenvalue weighted by atomic mass is 9.94. The summed E-state index contributed by atoms with van der Waals surface area (Å²) in [5.41, 5.74) is 1.26. The molecule has 1 saturated heterocycles. The van der Waals surface area contributed by atoms with Crippen molar-refractivity contribution in [3.63, 3.8) is 0 Å². The van der Waals surface area contributed by atoms with Gasteiger partial charge in [0.1, 0.15) is 5.67 Å². The minimum Gasteiger partial charge on any atom is -0.393 e. The van der Waals surface area contributed by atoms with E-state index >= 15 is 0 Å². The van der Waals surface area contributed by atoms with Gasteiger partial charge in [0.15, 0.2) is 17.3 Å². The molecule has 168 valence electrons. The standard InChI is InChI=1S/C23H23BrFN5O.ClH/c1-15-3-4-16(11-20(15)24)13-27-21-19-12-17(26-2)5-6-18(19)22(29-28-21)30-9-7-23(25,14-31)8-10-30;/h3-6,11-12,31H,7-10,13-14H2,1H3,(H,27,28);1H. The van der Waals surface area contributed by atoms with Gasteiger partial charge in [-0.15, -0.1) is 22.6 Å². The number of fused-ring (bicyclic) bond motifs is 1. The summed E-state index contributed by atoms with van der Waals surface area (Å²) >= 11 is 3.56. The van der Waals surface area contributed by atoms with Crippen molar-refractivity contribution in [3.05, 3.63) is 63.4 Å². The third-order valence-electron chi connectivity index (χ3n) is 5.81. The molecule has 1 aromatic heterocycles. The predicted octanol–water partition coefficient (Wildman–Crippen LogP) is 5.59. The number of anilines is 2. The molecule has 0 unspecified atom stereocenters. The Bertz CT molecular complexity index is 1160. The molecular formula is C23H24BrClFN5O. The quantitative estimate of drug-likeness (QED) is 0.430. The molecule has 2 heterocycles. The molecule has 32 heavy (non-hydrogen) atoms. The number of piperidine rings is 1. The van der Waals surface area contributed by atoms with Gasteiger partial charge in [0.2, 0.25) is 0 Å². The summed E-state index contributed by atoms with van der Waals surface area (Å²) in [6, 6.07) is 11.6. The topological polar surface area (TPSA) is 65.6 Å². The van der Waals surface area contributed by atoms with Crippen molar-refractivity contribution >= 4 is 56.4 Å². The number of nitrogens with zero attached hydrogens (tertiary/aromatic N) is 4. The van der Waals surface area contributed by atoms with E-state index in [1.54, 1.807) is 6.07 Å². The summed E-state index contributed by atoms with van der Waals surface area (Å²) in [4.78, 5) is 5.55. The summed E-state index contributed by atoms with van der Waals surface area (Å²) in [6.45, 7) is 10.4. The van der Waals surface area contributed by atoms with Crippen molar-refractivity contribution in [3.8, 4) is 0 Å². The van der Waals surface area contributed by atoms with Gasteiger partial charge in [-0.25, -0.2) is 9.24 Å². The molecule has 4 rings (SSSR count). The van der Waals surface area contributed by atoms with Crippen LogP contribution in [0.3, 0.4) is 0 Å². The highest BCUT2D eigenvalue weighted by Gasteiger charge is 2.34. The van der Waals surface area contributed by atoms with Crippen LogP contribution in [0.15, 0.2) is 40.9 Å². The van der Waals surface area contributed by atoms with Crippen LogP contribution < -0.4 is 10.2 Å². The highest BCUT2D eigenvalue weighted by Crippen LogP contribution is 2.35. The van der Waals surface area contributed by atoms with E-state index in [2.05, 4.69) is 54.5 Å². The Balaban J connectivity index is 0.00000289. The maximum Gasteiger partial charge on any atom is 0.188 e. The number of nitrogens with one attached hydrogen (secondary N) is 1. The summed E-state index contributed by atoms with van der Waals surface area (Å²) < 4.78 is 15.5. The number of alkyl halides is 1. The average Bonchev–Trinajstić information content (AvgIpc) is 2.80. The molecule has 0 spiro atoms. The zero-order chi connectivity index (χ0) is 22.0. The first-order valence-electron chi connectivity index (χ1n) is 10.1. The van der Waals surface area contributed by atoms with Gasteiger partial charge in [0, 0.05) is 47.7 Å². The van der Waals surface area contributed by atoms with Crippen molar-refractivity contribution in [1.29, 1.82) is 0 Å². The first-order chi connectivity index (χ1) is 14.9. The predicted molar refractivity (Wildman–Crippen MR) is 132 cm³/mol. The Hall–Kier alpha value is -2.47. The molecular weight excluding hydrogens is 497 g/mol. The van der Waals surface area contributed by atoms with Crippen LogP contribution in [0.4, 0.5) is 21.7 Å². The molecule has 3 aromatic rings. The number of hydrogen-bond donors (Lipinski definition) is 2. The number of halogens is 3. The van der Waals surface area contributed by atoms with Gasteiger partial charge >= 0.3 is 0 Å². The first kappa shape index (κ1) is 24.2. The van der Waals surface area contributed by atoms with E-state index in [1.165, 1.54) is 5.56 Å². The zero-order valence-electron chi connectivity index (χ0n) is 17.6. The van der Waals surface area contributed by atoms with E-state index in [-0.39, 0.29) is 25.2 Å². The second-order valence-electron chi connectivity index (χ2n) is 7.95. The van der Waals surface area contributed by atoms with Gasteiger partial charge < -0.3 is 15.3 Å². The largest absolute Gasteiger partial charge is 0.393 e. The molecule has 2 aromatic carbocycles. The van der Waals surface area contributed by atoms with E-state index in [4.69, 9.17) is 6.57 Å². The highest BCUT2D eigenvalue weighted by molar-refractivity contribution is 9.10. The van der Waals surface area contributed by atoms with Crippen molar-refractivity contribution < 1.29 is 9.50 Å². The molecule has 1 fully saturated rings. The second-order valence-corrected chi connectivity index (χ2v) is 8.80. The van der Waals surface area contributed by atoms with E-state index in [1.807, 2.05) is 24.0 Å². The van der Waals surface area contributed by atoms with Gasteiger partial charge in [-0.3, -0.25) is 0 Å². The minimum absolute atomic E-state index is 0. The molecule has 2 N–H and O–H groups in total. The first-order valence-corrected chi connectivity index (χ1v) is 10.9. The fraction of sp³-hybridized carbons (Fsp3) is 0.348. The van der Waals surface area contributed by atoms with Gasteiger partial charge in [-0.05, 0) is 30.2 Å². The van der Waals surface area contributed by atoms with Gasteiger partial charge in [-0.1, -0.05) is 40.2 Å². The van der Waals surface area contributed by atoms with E-state index < -0.39 is 12.3 Å². The number of aromatic nitrogens is 2. The fourth-order valence-electron chi connectivity index (χ4n) is 3.77. The van der Waals surface area contributed by atoms with Crippen molar-refractivity contribution in [2.45, 2.75) is 32.0 Å². The van der Waals surface area contributed by atoms with Crippen LogP contribution in [-0.2, 0) is 6.54 Å². The van der Waals surface area contributed by atoms with Crippen LogP contribution >= 0.6 is 28.3 Å². The normalized spacial score (nSPS) is 15.2. The summed E-state index contributed by atoms with van der Waals surface area (Å²) in [6.07, 6.45) is 0.490. The number of aryl methyl sites for hydroxylation is 1. The van der Waals surface area contributed by atoms with E-state index in [0.717, 1.165) is 20.8 Å². The monoisotopic (exact) mass is 519 g/mol. The molecule has 0 saturated carbocycles. The number of benzene rings is 2. The van der Waals surface area contributed by atoms with Crippen LogP contribution in [0.1, 0.15) is 24.0 Å². The minimum atomic E-state index is -1.53. The molecule has 1 aliphatic rings. The maximum absolute atomic E-state index is 14.4. The van der Waals surface area contributed by atoms with Crippen LogP contribution in [-0.4, -0.2) is 40.7 Å². The van der Waals surface area contributed by atoms with E-state index in [9.17, 15) is 9.50 Å². The Labute approximate surface area is 201 Å². The summed E-state index contributed by atoms with van der Waals surface area (Å²) in [5.74, 6) is 1.28. The van der Waals surface area contributed by atoms with Gasteiger partial charge in [-0.2, -0.15) is 0 Å². The van der Waals surface area contributed by atoms with Crippen molar-refractivity contribution in [1.82, 2.24) is 10.2 Å². The molecule has 0 radical (unpaired) electrons. The molecule has 0 amide bonds.